The molecule has 1 saturated heterocycles. The number of hydrogen-bond donors (Lipinski definition) is 4. The van der Waals surface area contributed by atoms with Crippen LogP contribution in [0.3, 0.4) is 0 Å². The molecule has 4 N–H and O–H groups in total. The Morgan fingerprint density at radius 3 is 2.83 bits per heavy atom. The molecule has 0 aliphatic carbocycles. The van der Waals surface area contributed by atoms with E-state index >= 15 is 0 Å². The molecule has 0 aromatic heterocycles. The standard InChI is InChI=1S/C7H14N2O3/c1-5(10)9-6-2-3-8-4-7(6,11)12/h6,8,11-12H,2-4H2,1H3,(H,9,10). The van der Waals surface area contributed by atoms with E-state index in [4.69, 9.17) is 0 Å². The van der Waals surface area contributed by atoms with Crippen LogP contribution < -0.4 is 10.6 Å². The van der Waals surface area contributed by atoms with Crippen molar-refractivity contribution in [1.82, 2.24) is 10.6 Å². The van der Waals surface area contributed by atoms with Gasteiger partial charge in [0.15, 0.2) is 5.79 Å². The number of carbonyl (C=O) groups excluding carboxylic acids is 1. The molecule has 1 aliphatic heterocycles. The number of aliphatic hydroxyl groups is 2. The van der Waals surface area contributed by atoms with Crippen molar-refractivity contribution in [3.05, 3.63) is 0 Å². The van der Waals surface area contributed by atoms with Crippen molar-refractivity contribution < 1.29 is 15.0 Å². The molecule has 12 heavy (non-hydrogen) atoms. The lowest BCUT2D eigenvalue weighted by molar-refractivity contribution is -0.190. The van der Waals surface area contributed by atoms with Gasteiger partial charge in [-0.3, -0.25) is 4.79 Å². The summed E-state index contributed by atoms with van der Waals surface area (Å²) in [5.74, 6) is -2.06. The summed E-state index contributed by atoms with van der Waals surface area (Å²) in [6.45, 7) is 2.14. The third-order valence-corrected chi connectivity index (χ3v) is 1.93. The Morgan fingerprint density at radius 2 is 2.33 bits per heavy atom. The molecule has 1 fully saturated rings. The first-order valence-corrected chi connectivity index (χ1v) is 3.95. The predicted octanol–water partition coefficient (Wildman–Crippen LogP) is -1.83. The molecule has 0 aromatic carbocycles. The fourth-order valence-electron chi connectivity index (χ4n) is 1.31. The van der Waals surface area contributed by atoms with Crippen LogP contribution in [0.15, 0.2) is 0 Å². The quantitative estimate of drug-likeness (QED) is 0.352. The smallest absolute Gasteiger partial charge is 0.217 e. The van der Waals surface area contributed by atoms with Crippen molar-refractivity contribution in [3.63, 3.8) is 0 Å². The Morgan fingerprint density at radius 1 is 1.67 bits per heavy atom. The highest BCUT2D eigenvalue weighted by atomic mass is 16.5. The fourth-order valence-corrected chi connectivity index (χ4v) is 1.31. The van der Waals surface area contributed by atoms with Gasteiger partial charge in [0, 0.05) is 6.92 Å². The molecule has 1 rings (SSSR count). The maximum atomic E-state index is 10.6. The second-order valence-electron chi connectivity index (χ2n) is 3.10. The van der Waals surface area contributed by atoms with E-state index in [9.17, 15) is 15.0 Å². The summed E-state index contributed by atoms with van der Waals surface area (Å²) in [6.07, 6.45) is 0.534. The van der Waals surface area contributed by atoms with Gasteiger partial charge >= 0.3 is 0 Å². The van der Waals surface area contributed by atoms with E-state index in [1.165, 1.54) is 6.92 Å². The van der Waals surface area contributed by atoms with E-state index in [0.717, 1.165) is 0 Å². The monoisotopic (exact) mass is 174 g/mol. The molecular formula is C7H14N2O3. The zero-order valence-electron chi connectivity index (χ0n) is 7.00. The predicted molar refractivity (Wildman–Crippen MR) is 42.3 cm³/mol. The molecule has 0 aromatic rings. The summed E-state index contributed by atoms with van der Waals surface area (Å²) in [7, 11) is 0. The molecule has 1 aliphatic rings. The summed E-state index contributed by atoms with van der Waals surface area (Å²) >= 11 is 0. The maximum Gasteiger partial charge on any atom is 0.217 e. The van der Waals surface area contributed by atoms with E-state index < -0.39 is 11.8 Å². The molecule has 0 saturated carbocycles. The van der Waals surface area contributed by atoms with Crippen LogP contribution in [-0.4, -0.2) is 41.0 Å². The molecule has 1 atom stereocenters. The summed E-state index contributed by atoms with van der Waals surface area (Å²) in [4.78, 5) is 10.6. The largest absolute Gasteiger partial charge is 0.363 e. The SMILES string of the molecule is CC(=O)NC1CCNCC1(O)O. The van der Waals surface area contributed by atoms with Crippen LogP contribution in [0.25, 0.3) is 0 Å². The fraction of sp³-hybridized carbons (Fsp3) is 0.857. The number of rotatable bonds is 1. The minimum Gasteiger partial charge on any atom is -0.363 e. The molecule has 1 amide bonds. The van der Waals surface area contributed by atoms with Crippen LogP contribution in [0.4, 0.5) is 0 Å². The number of piperidine rings is 1. The van der Waals surface area contributed by atoms with Crippen LogP contribution in [0.1, 0.15) is 13.3 Å². The Labute approximate surface area is 70.8 Å². The Hall–Kier alpha value is -0.650. The van der Waals surface area contributed by atoms with Crippen molar-refractivity contribution in [2.45, 2.75) is 25.2 Å². The molecule has 70 valence electrons. The van der Waals surface area contributed by atoms with Gasteiger partial charge in [0.25, 0.3) is 0 Å². The summed E-state index contributed by atoms with van der Waals surface area (Å²) in [5.41, 5.74) is 0. The normalized spacial score (nSPS) is 28.1. The Kier molecular flexibility index (Phi) is 2.66. The molecule has 0 radical (unpaired) electrons. The van der Waals surface area contributed by atoms with Gasteiger partial charge in [0.2, 0.25) is 5.91 Å². The first kappa shape index (κ1) is 9.44. The van der Waals surface area contributed by atoms with Crippen molar-refractivity contribution in [1.29, 1.82) is 0 Å². The van der Waals surface area contributed by atoms with Crippen LogP contribution >= 0.6 is 0 Å². The first-order valence-electron chi connectivity index (χ1n) is 3.95. The highest BCUT2D eigenvalue weighted by molar-refractivity contribution is 5.73. The Balaban J connectivity index is 2.54. The average Bonchev–Trinajstić information content (AvgIpc) is 1.92. The summed E-state index contributed by atoms with van der Waals surface area (Å²) in [5, 5.41) is 24.0. The molecule has 1 unspecified atom stereocenters. The molecule has 0 spiro atoms. The highest BCUT2D eigenvalue weighted by Crippen LogP contribution is 2.12. The third kappa shape index (κ3) is 2.17. The number of carbonyl (C=O) groups is 1. The molecule has 0 bridgehead atoms. The number of β-amino-alcohol motifs (C(OH)–C–C–N with tert-alkyl or cyclic N) is 2. The Bertz CT molecular complexity index is 181. The van der Waals surface area contributed by atoms with E-state index in [1.807, 2.05) is 0 Å². The van der Waals surface area contributed by atoms with Gasteiger partial charge in [-0.05, 0) is 13.0 Å². The van der Waals surface area contributed by atoms with Gasteiger partial charge in [0.1, 0.15) is 0 Å². The zero-order valence-corrected chi connectivity index (χ0v) is 7.00. The highest BCUT2D eigenvalue weighted by Gasteiger charge is 2.37. The van der Waals surface area contributed by atoms with Gasteiger partial charge in [-0.2, -0.15) is 0 Å². The minimum absolute atomic E-state index is 0.0952. The van der Waals surface area contributed by atoms with E-state index in [1.54, 1.807) is 0 Å². The van der Waals surface area contributed by atoms with Crippen molar-refractivity contribution in [3.8, 4) is 0 Å². The third-order valence-electron chi connectivity index (χ3n) is 1.93. The van der Waals surface area contributed by atoms with Crippen molar-refractivity contribution in [2.24, 2.45) is 0 Å². The second kappa shape index (κ2) is 3.38. The van der Waals surface area contributed by atoms with Crippen LogP contribution in [0.5, 0.6) is 0 Å². The second-order valence-corrected chi connectivity index (χ2v) is 3.10. The number of amides is 1. The summed E-state index contributed by atoms with van der Waals surface area (Å²) < 4.78 is 0. The zero-order chi connectivity index (χ0) is 9.19. The van der Waals surface area contributed by atoms with Gasteiger partial charge in [0.05, 0.1) is 12.6 Å². The van der Waals surface area contributed by atoms with Crippen molar-refractivity contribution >= 4 is 5.91 Å². The van der Waals surface area contributed by atoms with Gasteiger partial charge in [-0.15, -0.1) is 0 Å². The van der Waals surface area contributed by atoms with Crippen LogP contribution in [-0.2, 0) is 4.79 Å². The van der Waals surface area contributed by atoms with Crippen molar-refractivity contribution in [2.75, 3.05) is 13.1 Å². The lowest BCUT2D eigenvalue weighted by Crippen LogP contribution is -2.61. The lowest BCUT2D eigenvalue weighted by atomic mass is 10.00. The minimum atomic E-state index is -1.82. The van der Waals surface area contributed by atoms with E-state index in [0.29, 0.717) is 13.0 Å². The molecular weight excluding hydrogens is 160 g/mol. The number of nitrogens with one attached hydrogen (secondary N) is 2. The van der Waals surface area contributed by atoms with Gasteiger partial charge < -0.3 is 20.8 Å². The van der Waals surface area contributed by atoms with E-state index in [-0.39, 0.29) is 12.5 Å². The van der Waals surface area contributed by atoms with Crippen LogP contribution in [0, 0.1) is 0 Å². The topological polar surface area (TPSA) is 81.6 Å². The van der Waals surface area contributed by atoms with Gasteiger partial charge in [-0.25, -0.2) is 0 Å². The first-order chi connectivity index (χ1) is 5.52. The maximum absolute atomic E-state index is 10.6. The van der Waals surface area contributed by atoms with Crippen LogP contribution in [0.2, 0.25) is 0 Å². The number of hydrogen-bond acceptors (Lipinski definition) is 4. The molecule has 5 heteroatoms. The van der Waals surface area contributed by atoms with Gasteiger partial charge in [-0.1, -0.05) is 0 Å². The molecule has 5 nitrogen and oxygen atoms in total. The average molecular weight is 174 g/mol. The summed E-state index contributed by atoms with van der Waals surface area (Å²) in [6, 6.07) is -0.559. The molecule has 1 heterocycles. The lowest BCUT2D eigenvalue weighted by Gasteiger charge is -2.35. The van der Waals surface area contributed by atoms with E-state index in [2.05, 4.69) is 10.6 Å².